The second-order valence-corrected chi connectivity index (χ2v) is 6.00. The molecule has 0 spiro atoms. The molecule has 0 saturated carbocycles. The van der Waals surface area contributed by atoms with E-state index in [1.165, 1.54) is 24.3 Å². The molecule has 24 heavy (non-hydrogen) atoms. The molecule has 0 aliphatic heterocycles. The molecular weight excluding hydrogens is 375 g/mol. The molecule has 2 aromatic rings. The van der Waals surface area contributed by atoms with E-state index in [0.29, 0.717) is 10.0 Å². The van der Waals surface area contributed by atoms with E-state index in [9.17, 15) is 14.7 Å². The molecule has 0 radical (unpaired) electrons. The second kappa shape index (κ2) is 7.85. The predicted molar refractivity (Wildman–Crippen MR) is 92.9 cm³/mol. The Kier molecular flexibility index (Phi) is 6.07. The molecule has 0 unspecified atom stereocenters. The maximum absolute atomic E-state index is 12.6. The lowest BCUT2D eigenvalue weighted by molar-refractivity contribution is -0.140. The average molecular weight is 388 g/mol. The third-order valence-corrected chi connectivity index (χ3v) is 4.04. The zero-order chi connectivity index (χ0) is 17.7. The van der Waals surface area contributed by atoms with Crippen LogP contribution in [0.5, 0.6) is 0 Å². The van der Waals surface area contributed by atoms with Gasteiger partial charge in [-0.2, -0.15) is 0 Å². The minimum atomic E-state index is -2.06. The molecule has 0 aliphatic rings. The van der Waals surface area contributed by atoms with Crippen molar-refractivity contribution in [2.75, 3.05) is 5.88 Å². The van der Waals surface area contributed by atoms with Crippen LogP contribution in [0, 0.1) is 0 Å². The summed E-state index contributed by atoms with van der Waals surface area (Å²) in [6, 6.07) is 12.2. The quantitative estimate of drug-likeness (QED) is 0.557. The molecule has 0 aliphatic carbocycles. The van der Waals surface area contributed by atoms with Crippen LogP contribution in [0.3, 0.4) is 0 Å². The maximum Gasteiger partial charge on any atom is 0.279 e. The van der Waals surface area contributed by atoms with Gasteiger partial charge in [-0.15, -0.1) is 11.6 Å². The SMILES string of the molecule is O=C(CCl)NNC(=O)C(O)(c1ccc(Cl)cc1)c1ccc(Cl)cc1. The molecule has 5 nitrogen and oxygen atoms in total. The number of aliphatic hydroxyl groups is 1. The van der Waals surface area contributed by atoms with Gasteiger partial charge >= 0.3 is 0 Å². The Hall–Kier alpha value is -1.79. The molecule has 2 aromatic carbocycles. The molecule has 0 bridgehead atoms. The highest BCUT2D eigenvalue weighted by Gasteiger charge is 2.40. The van der Waals surface area contributed by atoms with Crippen molar-refractivity contribution in [1.82, 2.24) is 10.9 Å². The topological polar surface area (TPSA) is 78.4 Å². The lowest BCUT2D eigenvalue weighted by atomic mass is 9.85. The summed E-state index contributed by atoms with van der Waals surface area (Å²) in [4.78, 5) is 23.8. The fourth-order valence-electron chi connectivity index (χ4n) is 2.06. The fourth-order valence-corrected chi connectivity index (χ4v) is 2.38. The molecule has 8 heteroatoms. The lowest BCUT2D eigenvalue weighted by Crippen LogP contribution is -2.52. The van der Waals surface area contributed by atoms with Gasteiger partial charge in [-0.05, 0) is 35.4 Å². The fraction of sp³-hybridized carbons (Fsp3) is 0.125. The minimum absolute atomic E-state index is 0.270. The van der Waals surface area contributed by atoms with Crippen LogP contribution in [0.4, 0.5) is 0 Å². The molecule has 0 fully saturated rings. The monoisotopic (exact) mass is 386 g/mol. The van der Waals surface area contributed by atoms with Crippen molar-refractivity contribution in [2.24, 2.45) is 0 Å². The summed E-state index contributed by atoms with van der Waals surface area (Å²) >= 11 is 17.1. The first-order valence-electron chi connectivity index (χ1n) is 6.77. The summed E-state index contributed by atoms with van der Waals surface area (Å²) in [6.07, 6.45) is 0. The number of carbonyl (C=O) groups is 2. The van der Waals surface area contributed by atoms with Crippen LogP contribution in [-0.2, 0) is 15.2 Å². The predicted octanol–water partition coefficient (Wildman–Crippen LogP) is 2.62. The average Bonchev–Trinajstić information content (AvgIpc) is 2.59. The first-order valence-corrected chi connectivity index (χ1v) is 8.06. The summed E-state index contributed by atoms with van der Waals surface area (Å²) in [6.45, 7) is 0. The number of alkyl halides is 1. The van der Waals surface area contributed by atoms with E-state index in [1.54, 1.807) is 24.3 Å². The number of carbonyl (C=O) groups excluding carboxylic acids is 2. The maximum atomic E-state index is 12.6. The number of nitrogens with one attached hydrogen (secondary N) is 2. The Morgan fingerprint density at radius 1 is 0.875 bits per heavy atom. The van der Waals surface area contributed by atoms with E-state index in [1.807, 2.05) is 0 Å². The number of hydrogen-bond donors (Lipinski definition) is 3. The normalized spacial score (nSPS) is 11.0. The van der Waals surface area contributed by atoms with Gasteiger partial charge in [-0.1, -0.05) is 47.5 Å². The molecule has 3 N–H and O–H groups in total. The van der Waals surface area contributed by atoms with Gasteiger partial charge in [0.05, 0.1) is 0 Å². The van der Waals surface area contributed by atoms with E-state index >= 15 is 0 Å². The molecule has 126 valence electrons. The number of amides is 2. The van der Waals surface area contributed by atoms with Crippen molar-refractivity contribution in [2.45, 2.75) is 5.60 Å². The molecule has 2 amide bonds. The van der Waals surface area contributed by atoms with E-state index in [2.05, 4.69) is 10.9 Å². The van der Waals surface area contributed by atoms with Crippen molar-refractivity contribution in [3.8, 4) is 0 Å². The molecule has 0 atom stereocenters. The Balaban J connectivity index is 2.44. The third kappa shape index (κ3) is 3.99. The van der Waals surface area contributed by atoms with E-state index in [4.69, 9.17) is 34.8 Å². The van der Waals surface area contributed by atoms with Crippen molar-refractivity contribution in [3.05, 3.63) is 69.7 Å². The highest BCUT2D eigenvalue weighted by molar-refractivity contribution is 6.31. The van der Waals surface area contributed by atoms with Crippen molar-refractivity contribution in [1.29, 1.82) is 0 Å². The number of hydrogen-bond acceptors (Lipinski definition) is 3. The molecule has 0 saturated heterocycles. The smallest absolute Gasteiger partial charge is 0.279 e. The van der Waals surface area contributed by atoms with Gasteiger partial charge in [0.25, 0.3) is 11.8 Å². The van der Waals surface area contributed by atoms with Gasteiger partial charge in [0.2, 0.25) is 0 Å². The van der Waals surface area contributed by atoms with Crippen LogP contribution in [-0.4, -0.2) is 22.8 Å². The largest absolute Gasteiger partial charge is 0.372 e. The van der Waals surface area contributed by atoms with Crippen LogP contribution >= 0.6 is 34.8 Å². The first-order chi connectivity index (χ1) is 11.4. The first kappa shape index (κ1) is 18.5. The van der Waals surface area contributed by atoms with E-state index in [-0.39, 0.29) is 17.0 Å². The summed E-state index contributed by atoms with van der Waals surface area (Å²) in [7, 11) is 0. The van der Waals surface area contributed by atoms with Crippen LogP contribution in [0.15, 0.2) is 48.5 Å². The number of rotatable bonds is 4. The summed E-state index contributed by atoms with van der Waals surface area (Å²) < 4.78 is 0. The molecular formula is C16H13Cl3N2O3. The Labute approximate surface area is 153 Å². The second-order valence-electron chi connectivity index (χ2n) is 4.86. The van der Waals surface area contributed by atoms with Crippen molar-refractivity contribution < 1.29 is 14.7 Å². The number of hydrazine groups is 1. The summed E-state index contributed by atoms with van der Waals surface area (Å²) in [5, 5.41) is 12.0. The number of benzene rings is 2. The zero-order valence-corrected chi connectivity index (χ0v) is 14.5. The molecule has 2 rings (SSSR count). The van der Waals surface area contributed by atoms with Gasteiger partial charge in [-0.25, -0.2) is 0 Å². The van der Waals surface area contributed by atoms with Crippen LogP contribution in [0.25, 0.3) is 0 Å². The van der Waals surface area contributed by atoms with Gasteiger partial charge in [0, 0.05) is 10.0 Å². The van der Waals surface area contributed by atoms with Gasteiger partial charge < -0.3 is 5.11 Å². The molecule has 0 aromatic heterocycles. The van der Waals surface area contributed by atoms with Gasteiger partial charge in [0.15, 0.2) is 5.60 Å². The zero-order valence-electron chi connectivity index (χ0n) is 12.2. The van der Waals surface area contributed by atoms with Gasteiger partial charge in [-0.3, -0.25) is 20.4 Å². The summed E-state index contributed by atoms with van der Waals surface area (Å²) in [5.74, 6) is -1.80. The van der Waals surface area contributed by atoms with Gasteiger partial charge in [0.1, 0.15) is 5.88 Å². The number of halogens is 3. The van der Waals surface area contributed by atoms with Crippen molar-refractivity contribution >= 4 is 46.6 Å². The highest BCUT2D eigenvalue weighted by atomic mass is 35.5. The van der Waals surface area contributed by atoms with E-state index in [0.717, 1.165) is 0 Å². The van der Waals surface area contributed by atoms with Crippen molar-refractivity contribution in [3.63, 3.8) is 0 Å². The third-order valence-electron chi connectivity index (χ3n) is 3.29. The summed E-state index contributed by atoms with van der Waals surface area (Å²) in [5.41, 5.74) is 2.76. The minimum Gasteiger partial charge on any atom is -0.372 e. The van der Waals surface area contributed by atoms with Crippen LogP contribution in [0.2, 0.25) is 10.0 Å². The highest BCUT2D eigenvalue weighted by Crippen LogP contribution is 2.31. The van der Waals surface area contributed by atoms with E-state index < -0.39 is 17.4 Å². The lowest BCUT2D eigenvalue weighted by Gasteiger charge is -2.28. The van der Waals surface area contributed by atoms with Crippen LogP contribution < -0.4 is 10.9 Å². The standard InChI is InChI=1S/C16H13Cl3N2O3/c17-9-14(22)20-21-15(23)16(24,10-1-5-12(18)6-2-10)11-3-7-13(19)8-4-11/h1-8,24H,9H2,(H,20,22)(H,21,23). The Morgan fingerprint density at radius 3 is 1.67 bits per heavy atom. The van der Waals surface area contributed by atoms with Crippen LogP contribution in [0.1, 0.15) is 11.1 Å². The Morgan fingerprint density at radius 2 is 1.29 bits per heavy atom. The molecule has 0 heterocycles. The Bertz CT molecular complexity index is 688.